The molecule has 2 aliphatic rings. The lowest BCUT2D eigenvalue weighted by molar-refractivity contribution is -0.118. The number of amides is 1. The van der Waals surface area contributed by atoms with Gasteiger partial charge in [-0.2, -0.15) is 0 Å². The predicted molar refractivity (Wildman–Crippen MR) is 120 cm³/mol. The molecule has 148 valence electrons. The van der Waals surface area contributed by atoms with E-state index in [0.717, 1.165) is 31.4 Å². The third kappa shape index (κ3) is 2.78. The van der Waals surface area contributed by atoms with E-state index in [1.165, 1.54) is 11.8 Å². The number of rotatable bonds is 2. The van der Waals surface area contributed by atoms with Gasteiger partial charge in [0.2, 0.25) is 5.16 Å². The van der Waals surface area contributed by atoms with E-state index < -0.39 is 0 Å². The van der Waals surface area contributed by atoms with Crippen LogP contribution in [0.3, 0.4) is 0 Å². The van der Waals surface area contributed by atoms with Crippen LogP contribution in [0.25, 0.3) is 26.5 Å². The molecular formula is C20H12ClN5O2S2. The highest BCUT2D eigenvalue weighted by Crippen LogP contribution is 2.43. The lowest BCUT2D eigenvalue weighted by Crippen LogP contribution is -2.25. The summed E-state index contributed by atoms with van der Waals surface area (Å²) < 4.78 is 8.38. The number of hydrogen-bond donors (Lipinski definition) is 2. The number of thioether (sulfide) groups is 1. The molecule has 2 N–H and O–H groups in total. The van der Waals surface area contributed by atoms with Gasteiger partial charge >= 0.3 is 0 Å². The summed E-state index contributed by atoms with van der Waals surface area (Å²) >= 11 is 9.71. The van der Waals surface area contributed by atoms with Crippen LogP contribution in [0.4, 0.5) is 5.69 Å². The molecule has 6 rings (SSSR count). The summed E-state index contributed by atoms with van der Waals surface area (Å²) in [7, 11) is 0. The van der Waals surface area contributed by atoms with E-state index in [-0.39, 0.29) is 12.5 Å². The van der Waals surface area contributed by atoms with Crippen molar-refractivity contribution in [3.05, 3.63) is 58.5 Å². The molecular weight excluding hydrogens is 442 g/mol. The van der Waals surface area contributed by atoms with Crippen LogP contribution in [0.2, 0.25) is 5.02 Å². The van der Waals surface area contributed by atoms with Crippen molar-refractivity contribution in [1.29, 1.82) is 0 Å². The fourth-order valence-corrected chi connectivity index (χ4v) is 5.62. The first-order chi connectivity index (χ1) is 14.7. The third-order valence-electron chi connectivity index (χ3n) is 4.81. The summed E-state index contributed by atoms with van der Waals surface area (Å²) in [6, 6.07) is 13.7. The van der Waals surface area contributed by atoms with E-state index in [2.05, 4.69) is 20.9 Å². The zero-order valence-corrected chi connectivity index (χ0v) is 17.6. The van der Waals surface area contributed by atoms with Crippen LogP contribution in [0, 0.1) is 0 Å². The molecule has 0 saturated carbocycles. The van der Waals surface area contributed by atoms with E-state index in [4.69, 9.17) is 16.3 Å². The number of halogens is 1. The summed E-state index contributed by atoms with van der Waals surface area (Å²) in [6.07, 6.45) is 0. The topological polar surface area (TPSA) is 81.1 Å². The van der Waals surface area contributed by atoms with Crippen molar-refractivity contribution < 1.29 is 9.53 Å². The predicted octanol–water partition coefficient (Wildman–Crippen LogP) is 4.79. The van der Waals surface area contributed by atoms with E-state index in [1.54, 1.807) is 11.3 Å². The molecule has 0 aliphatic carbocycles. The van der Waals surface area contributed by atoms with E-state index in [0.29, 0.717) is 22.3 Å². The number of carbonyl (C=O) groups is 1. The summed E-state index contributed by atoms with van der Waals surface area (Å²) in [6.45, 7) is 0.0342. The van der Waals surface area contributed by atoms with Gasteiger partial charge in [0.05, 0.1) is 21.3 Å². The Hall–Kier alpha value is -3.01. The van der Waals surface area contributed by atoms with Crippen molar-refractivity contribution >= 4 is 62.1 Å². The lowest BCUT2D eigenvalue weighted by atomic mass is 10.1. The quantitative estimate of drug-likeness (QED) is 0.454. The molecule has 0 unspecified atom stereocenters. The van der Waals surface area contributed by atoms with Crippen molar-refractivity contribution in [2.45, 2.75) is 5.16 Å². The highest BCUT2D eigenvalue weighted by molar-refractivity contribution is 8.02. The van der Waals surface area contributed by atoms with Gasteiger partial charge in [-0.3, -0.25) is 10.2 Å². The Kier molecular flexibility index (Phi) is 4.02. The molecule has 1 amide bonds. The normalized spacial score (nSPS) is 15.0. The SMILES string of the molecule is O=C1COc2ccc(C3=CSc4nnc(-c5sc6ccccc6c5Cl)n4N3)cc2N1. The number of anilines is 1. The highest BCUT2D eigenvalue weighted by atomic mass is 35.5. The number of fused-ring (bicyclic) bond motifs is 3. The standard InChI is InChI=1S/C20H12ClN5O2S2/c21-17-11-3-1-2-4-15(11)30-18(17)19-23-24-20-26(19)25-13(9-29-20)10-5-6-14-12(7-10)22-16(27)8-28-14/h1-7,9,25H,8H2,(H,22,27). The number of ether oxygens (including phenoxy) is 1. The number of thiophene rings is 1. The largest absolute Gasteiger partial charge is 0.482 e. The molecule has 7 nitrogen and oxygen atoms in total. The molecule has 2 aromatic heterocycles. The fourth-order valence-electron chi connectivity index (χ4n) is 3.39. The molecule has 2 aliphatic heterocycles. The van der Waals surface area contributed by atoms with E-state index in [1.807, 2.05) is 52.5 Å². The van der Waals surface area contributed by atoms with Gasteiger partial charge in [-0.1, -0.05) is 41.6 Å². The molecule has 4 heterocycles. The van der Waals surface area contributed by atoms with Gasteiger partial charge in [-0.05, 0) is 24.3 Å². The number of benzene rings is 2. The summed E-state index contributed by atoms with van der Waals surface area (Å²) in [5.41, 5.74) is 5.79. The summed E-state index contributed by atoms with van der Waals surface area (Å²) in [4.78, 5) is 12.5. The van der Waals surface area contributed by atoms with Crippen LogP contribution >= 0.6 is 34.7 Å². The Balaban J connectivity index is 1.38. The first kappa shape index (κ1) is 17.8. The highest BCUT2D eigenvalue weighted by Gasteiger charge is 2.24. The molecule has 2 aromatic carbocycles. The number of nitrogens with zero attached hydrogens (tertiary/aromatic N) is 3. The molecule has 0 saturated heterocycles. The summed E-state index contributed by atoms with van der Waals surface area (Å²) in [5, 5.41) is 15.9. The van der Waals surface area contributed by atoms with Crippen LogP contribution < -0.4 is 15.5 Å². The molecule has 30 heavy (non-hydrogen) atoms. The van der Waals surface area contributed by atoms with E-state index in [9.17, 15) is 4.79 Å². The second-order valence-corrected chi connectivity index (χ2v) is 8.96. The van der Waals surface area contributed by atoms with Gasteiger partial charge in [0.25, 0.3) is 5.91 Å². The second-order valence-electron chi connectivity index (χ2n) is 6.69. The van der Waals surface area contributed by atoms with Crippen molar-refractivity contribution in [2.24, 2.45) is 0 Å². The zero-order chi connectivity index (χ0) is 20.2. The third-order valence-corrected chi connectivity index (χ3v) is 7.31. The smallest absolute Gasteiger partial charge is 0.262 e. The van der Waals surface area contributed by atoms with Gasteiger partial charge in [-0.25, -0.2) is 4.68 Å². The molecule has 10 heteroatoms. The number of hydrogen-bond acceptors (Lipinski definition) is 7. The monoisotopic (exact) mass is 453 g/mol. The molecule has 0 fully saturated rings. The molecule has 0 bridgehead atoms. The maximum absolute atomic E-state index is 11.6. The number of carbonyl (C=O) groups excluding carboxylic acids is 1. The Bertz CT molecular complexity index is 1380. The van der Waals surface area contributed by atoms with Gasteiger partial charge in [0.15, 0.2) is 12.4 Å². The zero-order valence-electron chi connectivity index (χ0n) is 15.2. The minimum atomic E-state index is -0.164. The minimum absolute atomic E-state index is 0.0342. The molecule has 0 radical (unpaired) electrons. The van der Waals surface area contributed by atoms with Crippen LogP contribution in [-0.2, 0) is 4.79 Å². The van der Waals surface area contributed by atoms with Gasteiger partial charge in [0.1, 0.15) is 5.75 Å². The van der Waals surface area contributed by atoms with Crippen molar-refractivity contribution in [3.63, 3.8) is 0 Å². The van der Waals surface area contributed by atoms with Crippen molar-refractivity contribution in [1.82, 2.24) is 14.9 Å². The molecule has 0 spiro atoms. The maximum Gasteiger partial charge on any atom is 0.262 e. The first-order valence-electron chi connectivity index (χ1n) is 9.01. The van der Waals surface area contributed by atoms with Gasteiger partial charge in [0, 0.05) is 21.1 Å². The average molecular weight is 454 g/mol. The lowest BCUT2D eigenvalue weighted by Gasteiger charge is -2.22. The Morgan fingerprint density at radius 3 is 2.97 bits per heavy atom. The van der Waals surface area contributed by atoms with Crippen molar-refractivity contribution in [3.8, 4) is 16.5 Å². The minimum Gasteiger partial charge on any atom is -0.482 e. The Morgan fingerprint density at radius 2 is 2.07 bits per heavy atom. The van der Waals surface area contributed by atoms with Crippen LogP contribution in [-0.4, -0.2) is 27.4 Å². The number of nitrogens with one attached hydrogen (secondary N) is 2. The van der Waals surface area contributed by atoms with Crippen LogP contribution in [0.15, 0.2) is 53.0 Å². The number of aromatic nitrogens is 3. The Morgan fingerprint density at radius 1 is 1.17 bits per heavy atom. The molecule has 4 aromatic rings. The van der Waals surface area contributed by atoms with Crippen LogP contribution in [0.1, 0.15) is 5.56 Å². The summed E-state index contributed by atoms with van der Waals surface area (Å²) in [5.74, 6) is 1.15. The van der Waals surface area contributed by atoms with Gasteiger partial charge < -0.3 is 10.1 Å². The maximum atomic E-state index is 11.6. The van der Waals surface area contributed by atoms with Gasteiger partial charge in [-0.15, -0.1) is 21.5 Å². The molecule has 0 atom stereocenters. The van der Waals surface area contributed by atoms with Crippen molar-refractivity contribution in [2.75, 3.05) is 17.3 Å². The van der Waals surface area contributed by atoms with Crippen LogP contribution in [0.5, 0.6) is 5.75 Å². The first-order valence-corrected chi connectivity index (χ1v) is 11.1. The Labute approximate surface area is 183 Å². The average Bonchev–Trinajstić information content (AvgIpc) is 3.33. The second kappa shape index (κ2) is 6.76. The van der Waals surface area contributed by atoms with E-state index >= 15 is 0 Å². The fraction of sp³-hybridized carbons (Fsp3) is 0.0500.